The Labute approximate surface area is 280 Å². The number of hydrogen-bond acceptors (Lipinski definition) is 8. The van der Waals surface area contributed by atoms with Gasteiger partial charge in [0.25, 0.3) is 0 Å². The first-order valence-corrected chi connectivity index (χ1v) is 13.4. The number of aromatic nitrogens is 2. The molecule has 0 spiro atoms. The Morgan fingerprint density at radius 2 is 1.50 bits per heavy atom. The van der Waals surface area contributed by atoms with Crippen molar-refractivity contribution in [1.29, 1.82) is 0 Å². The summed E-state index contributed by atoms with van der Waals surface area (Å²) in [4.78, 5) is 18.4. The molecule has 0 aliphatic heterocycles. The van der Waals surface area contributed by atoms with Crippen molar-refractivity contribution >= 4 is 40.9 Å². The molecular formula is C33H31ClCoN4O7+. The van der Waals surface area contributed by atoms with Gasteiger partial charge in [-0.3, -0.25) is 4.99 Å². The van der Waals surface area contributed by atoms with Crippen LogP contribution in [0.2, 0.25) is 5.02 Å². The van der Waals surface area contributed by atoms with Gasteiger partial charge in [0.05, 0.1) is 35.6 Å². The molecule has 1 heterocycles. The molecule has 5 rings (SSSR count). The third-order valence-electron chi connectivity index (χ3n) is 6.06. The first kappa shape index (κ1) is 39.0. The third-order valence-corrected chi connectivity index (χ3v) is 6.31. The quantitative estimate of drug-likeness (QED) is 0.186. The van der Waals surface area contributed by atoms with Gasteiger partial charge < -0.3 is 35.8 Å². The molecule has 13 heteroatoms. The monoisotopic (exact) mass is 689 g/mol. The van der Waals surface area contributed by atoms with Gasteiger partial charge in [0, 0.05) is 34.2 Å². The zero-order valence-electron chi connectivity index (χ0n) is 24.9. The number of carbonyl (C=O) groups excluding carboxylic acids is 1. The molecule has 0 radical (unpaired) electrons. The summed E-state index contributed by atoms with van der Waals surface area (Å²) in [7, 11) is 1.45. The van der Waals surface area contributed by atoms with Crippen molar-refractivity contribution < 1.29 is 52.6 Å². The number of carboxylic acid groups (broad SMARTS) is 1. The summed E-state index contributed by atoms with van der Waals surface area (Å²) in [6.45, 7) is 2.75. The molecule has 0 aliphatic carbocycles. The van der Waals surface area contributed by atoms with E-state index in [0.717, 1.165) is 12.5 Å². The van der Waals surface area contributed by atoms with Crippen molar-refractivity contribution in [2.75, 3.05) is 7.11 Å². The van der Waals surface area contributed by atoms with Crippen molar-refractivity contribution in [2.45, 2.75) is 13.8 Å². The zero-order chi connectivity index (χ0) is 30.9. The summed E-state index contributed by atoms with van der Waals surface area (Å²) >= 11 is 6.04. The molecule has 0 atom stereocenters. The van der Waals surface area contributed by atoms with Crippen LogP contribution in [0, 0.1) is 6.92 Å². The smallest absolute Gasteiger partial charge is 0.870 e. The summed E-state index contributed by atoms with van der Waals surface area (Å²) in [5, 5.41) is 40.2. The maximum absolute atomic E-state index is 13.7. The van der Waals surface area contributed by atoms with Crippen LogP contribution in [-0.4, -0.2) is 40.3 Å². The minimum absolute atomic E-state index is 0. The van der Waals surface area contributed by atoms with E-state index >= 15 is 0 Å². The number of hydrogen-bond donors (Lipinski definition) is 0. The number of carboxylic acids is 1. The van der Waals surface area contributed by atoms with Crippen LogP contribution in [0.25, 0.3) is 5.69 Å². The van der Waals surface area contributed by atoms with Crippen LogP contribution in [0.3, 0.4) is 0 Å². The van der Waals surface area contributed by atoms with Gasteiger partial charge in [-0.1, -0.05) is 71.9 Å². The van der Waals surface area contributed by atoms with Crippen LogP contribution in [0.1, 0.15) is 29.3 Å². The molecule has 0 amide bonds. The van der Waals surface area contributed by atoms with Gasteiger partial charge in [0.15, 0.2) is 0 Å². The van der Waals surface area contributed by atoms with Crippen LogP contribution in [0.15, 0.2) is 107 Å². The number of aliphatic carboxylic acids is 1. The molecule has 4 aromatic carbocycles. The molecule has 5 aromatic rings. The number of nitrogens with zero attached hydrogens (tertiary/aromatic N) is 4. The predicted octanol–water partition coefficient (Wildman–Crippen LogP) is 2.92. The summed E-state index contributed by atoms with van der Waals surface area (Å²) in [6, 6.07) is 28.7. The fourth-order valence-corrected chi connectivity index (χ4v) is 4.25. The number of ether oxygens (including phenoxy) is 1. The maximum Gasteiger partial charge on any atom is 3.00 e. The Balaban J connectivity index is 0.00000143. The second kappa shape index (κ2) is 18.1. The van der Waals surface area contributed by atoms with Gasteiger partial charge in [-0.25, -0.2) is 9.67 Å². The first-order chi connectivity index (χ1) is 20.7. The summed E-state index contributed by atoms with van der Waals surface area (Å²) in [5.41, 5.74) is 4.18. The Kier molecular flexibility index (Phi) is 15.4. The number of rotatable bonds is 7. The largest absolute Gasteiger partial charge is 3.00 e. The minimum Gasteiger partial charge on any atom is -0.870 e. The van der Waals surface area contributed by atoms with Crippen molar-refractivity contribution in [3.05, 3.63) is 124 Å². The van der Waals surface area contributed by atoms with Crippen molar-refractivity contribution in [1.82, 2.24) is 9.78 Å². The zero-order valence-corrected chi connectivity index (χ0v) is 26.7. The number of halogens is 1. The van der Waals surface area contributed by atoms with Crippen LogP contribution >= 0.6 is 11.6 Å². The van der Waals surface area contributed by atoms with E-state index in [-0.39, 0.29) is 45.1 Å². The molecule has 0 unspecified atom stereocenters. The van der Waals surface area contributed by atoms with Crippen LogP contribution in [-0.2, 0) is 27.0 Å². The Bertz CT molecular complexity index is 1790. The number of carbonyl (C=O) groups is 1. The predicted molar refractivity (Wildman–Crippen MR) is 170 cm³/mol. The molecule has 5 N–H and O–H groups in total. The molecule has 0 saturated carbocycles. The molecule has 0 saturated heterocycles. The number of aliphatic imine (C=N–C) groups is 2. The maximum atomic E-state index is 13.7. The fraction of sp³-hybridized carbons (Fsp3) is 0.0909. The van der Waals surface area contributed by atoms with Gasteiger partial charge >= 0.3 is 16.8 Å². The molecule has 0 bridgehead atoms. The number of benzene rings is 4. The molecular weight excluding hydrogens is 659 g/mol. The van der Waals surface area contributed by atoms with E-state index in [2.05, 4.69) is 10.1 Å². The van der Waals surface area contributed by atoms with E-state index in [9.17, 15) is 10.2 Å². The Hall–Kier alpha value is -4.98. The van der Waals surface area contributed by atoms with Gasteiger partial charge in [-0.05, 0) is 61.9 Å². The average Bonchev–Trinajstić information content (AvgIpc) is 3.29. The van der Waals surface area contributed by atoms with Gasteiger partial charge in [-0.15, -0.1) is 0 Å². The summed E-state index contributed by atoms with van der Waals surface area (Å²) in [5.74, 6) is -1.39. The molecule has 0 fully saturated rings. The Morgan fingerprint density at radius 3 is 2.11 bits per heavy atom. The molecule has 11 nitrogen and oxygen atoms in total. The number of para-hydroxylation sites is 3. The second-order valence-electron chi connectivity index (χ2n) is 9.10. The van der Waals surface area contributed by atoms with Crippen LogP contribution in [0.4, 0.5) is 11.4 Å². The van der Waals surface area contributed by atoms with E-state index in [0.29, 0.717) is 44.6 Å². The van der Waals surface area contributed by atoms with Gasteiger partial charge in [0.1, 0.15) is 5.75 Å². The number of methoxy groups -OCH3 is 1. The average molecular weight is 690 g/mol. The molecule has 240 valence electrons. The Morgan fingerprint density at radius 1 is 0.913 bits per heavy atom. The minimum atomic E-state index is -1.08. The second-order valence-corrected chi connectivity index (χ2v) is 9.53. The van der Waals surface area contributed by atoms with E-state index in [1.54, 1.807) is 55.5 Å². The van der Waals surface area contributed by atoms with Crippen LogP contribution < -0.4 is 20.1 Å². The molecule has 46 heavy (non-hydrogen) atoms. The molecule has 0 aliphatic rings. The summed E-state index contributed by atoms with van der Waals surface area (Å²) < 4.78 is 6.48. The fourth-order valence-electron chi connectivity index (χ4n) is 4.12. The van der Waals surface area contributed by atoms with E-state index in [4.69, 9.17) is 31.2 Å². The van der Waals surface area contributed by atoms with Crippen molar-refractivity contribution in [3.8, 4) is 23.1 Å². The van der Waals surface area contributed by atoms with Crippen LogP contribution in [0.5, 0.6) is 17.4 Å². The van der Waals surface area contributed by atoms with E-state index < -0.39 is 5.97 Å². The van der Waals surface area contributed by atoms with Crippen molar-refractivity contribution in [3.63, 3.8) is 0 Å². The molecule has 1 aromatic heterocycles. The topological polar surface area (TPSA) is 203 Å². The first-order valence-electron chi connectivity index (χ1n) is 13.0. The van der Waals surface area contributed by atoms with E-state index in [1.807, 2.05) is 48.5 Å². The van der Waals surface area contributed by atoms with Crippen molar-refractivity contribution in [2.24, 2.45) is 9.98 Å². The van der Waals surface area contributed by atoms with Gasteiger partial charge in [0.2, 0.25) is 0 Å². The third kappa shape index (κ3) is 9.51. The van der Waals surface area contributed by atoms with E-state index in [1.165, 1.54) is 18.0 Å². The van der Waals surface area contributed by atoms with Gasteiger partial charge in [-0.2, -0.15) is 5.10 Å². The SMILES string of the molecule is CC(=O)[O-].COc1cccc(C=Nc2ccccc2N=C(c2ccccc2)c2c(C)nn(-c3ccc(Cl)cc3)c2[O-])c1[O-].O.[Co+3].[OH3+]. The number of aryl methyl sites for hydroxylation is 1. The normalized spacial score (nSPS) is 10.5. The summed E-state index contributed by atoms with van der Waals surface area (Å²) in [6.07, 6.45) is 1.49. The standard InChI is InChI=1S/C31H25ClN4O3.C2H4O2.Co.2H2O/c1-20-28(31(38)36(35-20)24-17-15-23(32)16-18-24)29(21-9-4-3-5-10-21)34-26-13-7-6-12-25(26)33-19-22-11-8-14-27(39-2)30(22)37;1-2(3)4;;;/h3-19,37-38H,1-2H3;1H3,(H,3,4);;2*1H2/q;;+3;;/p-2.